The number of aromatic nitrogens is 2. The van der Waals surface area contributed by atoms with E-state index in [9.17, 15) is 0 Å². The second kappa shape index (κ2) is 6.81. The zero-order valence-electron chi connectivity index (χ0n) is 12.2. The minimum atomic E-state index is -0.0695. The lowest BCUT2D eigenvalue weighted by Crippen LogP contribution is -2.18. The molecule has 1 atom stereocenters. The van der Waals surface area contributed by atoms with E-state index in [-0.39, 0.29) is 22.6 Å². The van der Waals surface area contributed by atoms with Crippen LogP contribution in [-0.2, 0) is 4.74 Å². The molecule has 122 valence electrons. The standard InChI is InChI=1S/C15H15BrCl2N4O/c16-9-5-10(17)13(18)15(20)12(9)14(19)8-6-21-22(7-8)11-3-1-2-4-23-11/h5-7,11,19H,1-4,20H2. The number of anilines is 1. The maximum absolute atomic E-state index is 8.44. The third-order valence-corrected chi connectivity index (χ3v) is 5.23. The van der Waals surface area contributed by atoms with Crippen LogP contribution in [0.4, 0.5) is 5.69 Å². The summed E-state index contributed by atoms with van der Waals surface area (Å²) in [5.74, 6) is 0. The van der Waals surface area contributed by atoms with Crippen LogP contribution in [0.25, 0.3) is 0 Å². The molecule has 8 heteroatoms. The minimum Gasteiger partial charge on any atom is -0.397 e. The van der Waals surface area contributed by atoms with Crippen molar-refractivity contribution in [3.63, 3.8) is 0 Å². The Bertz CT molecular complexity index is 756. The number of rotatable bonds is 3. The van der Waals surface area contributed by atoms with E-state index < -0.39 is 0 Å². The van der Waals surface area contributed by atoms with Crippen LogP contribution in [0.5, 0.6) is 0 Å². The van der Waals surface area contributed by atoms with Crippen LogP contribution >= 0.6 is 39.1 Å². The van der Waals surface area contributed by atoms with Crippen LogP contribution in [-0.4, -0.2) is 22.1 Å². The molecule has 2 aromatic rings. The first-order valence-electron chi connectivity index (χ1n) is 7.17. The molecule has 0 aliphatic carbocycles. The lowest BCUT2D eigenvalue weighted by atomic mass is 10.0. The highest BCUT2D eigenvalue weighted by atomic mass is 79.9. The normalized spacial score (nSPS) is 18.1. The highest BCUT2D eigenvalue weighted by Crippen LogP contribution is 2.37. The number of halogens is 3. The highest BCUT2D eigenvalue weighted by molar-refractivity contribution is 9.10. The van der Waals surface area contributed by atoms with E-state index in [0.29, 0.717) is 20.6 Å². The topological polar surface area (TPSA) is 76.9 Å². The number of hydrogen-bond acceptors (Lipinski definition) is 4. The molecule has 0 saturated carbocycles. The van der Waals surface area contributed by atoms with Crippen molar-refractivity contribution in [2.24, 2.45) is 0 Å². The van der Waals surface area contributed by atoms with Gasteiger partial charge in [0, 0.05) is 28.4 Å². The first-order chi connectivity index (χ1) is 11.0. The van der Waals surface area contributed by atoms with E-state index in [4.69, 9.17) is 39.1 Å². The Morgan fingerprint density at radius 3 is 2.91 bits per heavy atom. The molecule has 0 amide bonds. The fourth-order valence-corrected chi connectivity index (χ4v) is 3.70. The largest absolute Gasteiger partial charge is 0.397 e. The fraction of sp³-hybridized carbons (Fsp3) is 0.333. The van der Waals surface area contributed by atoms with Crippen molar-refractivity contribution in [3.05, 3.63) is 44.1 Å². The molecule has 2 heterocycles. The average Bonchev–Trinajstić information content (AvgIpc) is 3.03. The molecule has 1 aliphatic rings. The summed E-state index contributed by atoms with van der Waals surface area (Å²) in [6.45, 7) is 0.739. The number of nitrogens with zero attached hydrogens (tertiary/aromatic N) is 2. The van der Waals surface area contributed by atoms with Gasteiger partial charge in [-0.15, -0.1) is 0 Å². The maximum atomic E-state index is 8.44. The van der Waals surface area contributed by atoms with Crippen LogP contribution in [0.15, 0.2) is 22.9 Å². The van der Waals surface area contributed by atoms with Gasteiger partial charge in [0.25, 0.3) is 0 Å². The predicted molar refractivity (Wildman–Crippen MR) is 95.6 cm³/mol. The number of ether oxygens (including phenoxy) is 1. The van der Waals surface area contributed by atoms with Crippen molar-refractivity contribution >= 4 is 50.5 Å². The number of nitrogens with one attached hydrogen (secondary N) is 1. The number of hydrogen-bond donors (Lipinski definition) is 2. The molecular formula is C15H15BrCl2N4O. The van der Waals surface area contributed by atoms with Gasteiger partial charge in [-0.2, -0.15) is 5.10 Å². The molecule has 1 aromatic carbocycles. The van der Waals surface area contributed by atoms with E-state index in [1.165, 1.54) is 0 Å². The fourth-order valence-electron chi connectivity index (χ4n) is 2.57. The summed E-state index contributed by atoms with van der Waals surface area (Å²) < 4.78 is 8.08. The van der Waals surface area contributed by atoms with Gasteiger partial charge in [-0.3, -0.25) is 5.41 Å². The lowest BCUT2D eigenvalue weighted by molar-refractivity contribution is -0.0394. The second-order valence-electron chi connectivity index (χ2n) is 5.35. The number of benzene rings is 1. The third kappa shape index (κ3) is 3.26. The van der Waals surface area contributed by atoms with Gasteiger partial charge >= 0.3 is 0 Å². The van der Waals surface area contributed by atoms with Gasteiger partial charge in [0.1, 0.15) is 6.23 Å². The molecule has 1 fully saturated rings. The maximum Gasteiger partial charge on any atom is 0.150 e. The van der Waals surface area contributed by atoms with E-state index >= 15 is 0 Å². The Hall–Kier alpha value is -1.08. The van der Waals surface area contributed by atoms with Crippen molar-refractivity contribution in [1.29, 1.82) is 5.41 Å². The third-order valence-electron chi connectivity index (χ3n) is 3.80. The first kappa shape index (κ1) is 16.8. The zero-order chi connectivity index (χ0) is 16.6. The highest BCUT2D eigenvalue weighted by Gasteiger charge is 2.21. The first-order valence-corrected chi connectivity index (χ1v) is 8.72. The lowest BCUT2D eigenvalue weighted by Gasteiger charge is -2.22. The summed E-state index contributed by atoms with van der Waals surface area (Å²) >= 11 is 15.5. The van der Waals surface area contributed by atoms with Gasteiger partial charge < -0.3 is 10.5 Å². The summed E-state index contributed by atoms with van der Waals surface area (Å²) in [4.78, 5) is 0. The van der Waals surface area contributed by atoms with Gasteiger partial charge in [0.2, 0.25) is 0 Å². The zero-order valence-corrected chi connectivity index (χ0v) is 15.2. The monoisotopic (exact) mass is 416 g/mol. The molecule has 0 radical (unpaired) electrons. The van der Waals surface area contributed by atoms with E-state index in [1.54, 1.807) is 23.1 Å². The molecule has 3 rings (SSSR count). The molecule has 5 nitrogen and oxygen atoms in total. The van der Waals surface area contributed by atoms with Crippen molar-refractivity contribution in [3.8, 4) is 0 Å². The molecule has 1 aliphatic heterocycles. The average molecular weight is 418 g/mol. The molecule has 23 heavy (non-hydrogen) atoms. The van der Waals surface area contributed by atoms with Crippen LogP contribution in [0.2, 0.25) is 10.0 Å². The van der Waals surface area contributed by atoms with Crippen molar-refractivity contribution in [1.82, 2.24) is 9.78 Å². The molecule has 1 aromatic heterocycles. The Balaban J connectivity index is 1.92. The van der Waals surface area contributed by atoms with Crippen LogP contribution in [0.3, 0.4) is 0 Å². The number of nitrogens with two attached hydrogens (primary N) is 1. The minimum absolute atomic E-state index is 0.0695. The molecule has 0 bridgehead atoms. The van der Waals surface area contributed by atoms with Crippen LogP contribution < -0.4 is 5.73 Å². The van der Waals surface area contributed by atoms with Crippen LogP contribution in [0.1, 0.15) is 36.6 Å². The summed E-state index contributed by atoms with van der Waals surface area (Å²) in [7, 11) is 0. The van der Waals surface area contributed by atoms with Crippen molar-refractivity contribution < 1.29 is 4.74 Å². The van der Waals surface area contributed by atoms with Crippen molar-refractivity contribution in [2.75, 3.05) is 12.3 Å². The summed E-state index contributed by atoms with van der Waals surface area (Å²) in [5.41, 5.74) is 7.69. The Kier molecular flexibility index (Phi) is 4.96. The quantitative estimate of drug-likeness (QED) is 0.433. The smallest absolute Gasteiger partial charge is 0.150 e. The van der Waals surface area contributed by atoms with Crippen molar-refractivity contribution in [2.45, 2.75) is 25.5 Å². The molecule has 1 saturated heterocycles. The molecule has 1 unspecified atom stereocenters. The van der Waals surface area contributed by atoms with Gasteiger partial charge in [-0.25, -0.2) is 4.68 Å². The number of nitrogen functional groups attached to an aromatic ring is 1. The molecular weight excluding hydrogens is 403 g/mol. The Morgan fingerprint density at radius 1 is 1.43 bits per heavy atom. The second-order valence-corrected chi connectivity index (χ2v) is 6.99. The van der Waals surface area contributed by atoms with Crippen LogP contribution in [0, 0.1) is 5.41 Å². The Labute approximate surface area is 152 Å². The van der Waals surface area contributed by atoms with Gasteiger partial charge in [0.15, 0.2) is 0 Å². The summed E-state index contributed by atoms with van der Waals surface area (Å²) in [6.07, 6.45) is 6.48. The molecule has 0 spiro atoms. The van der Waals surface area contributed by atoms with E-state index in [2.05, 4.69) is 21.0 Å². The Morgan fingerprint density at radius 2 is 2.22 bits per heavy atom. The summed E-state index contributed by atoms with van der Waals surface area (Å²) in [5, 5.41) is 13.4. The SMILES string of the molecule is N=C(c1cnn(C2CCCCO2)c1)c1c(Br)cc(Cl)c(Cl)c1N. The van der Waals surface area contributed by atoms with Gasteiger partial charge in [-0.05, 0) is 41.3 Å². The van der Waals surface area contributed by atoms with E-state index in [1.807, 2.05) is 0 Å². The summed E-state index contributed by atoms with van der Waals surface area (Å²) in [6, 6.07) is 1.64. The van der Waals surface area contributed by atoms with E-state index in [0.717, 1.165) is 25.9 Å². The molecule has 3 N–H and O–H groups in total. The predicted octanol–water partition coefficient (Wildman–Crippen LogP) is 4.65. The van der Waals surface area contributed by atoms with Gasteiger partial charge in [-0.1, -0.05) is 23.2 Å². The van der Waals surface area contributed by atoms with Gasteiger partial charge in [0.05, 0.1) is 27.6 Å².